The molecule has 7 nitrogen and oxygen atoms in total. The van der Waals surface area contributed by atoms with Crippen LogP contribution in [-0.2, 0) is 14.3 Å². The first-order valence-electron chi connectivity index (χ1n) is 18.6. The fourth-order valence-electron chi connectivity index (χ4n) is 8.13. The maximum atomic E-state index is 11.6. The van der Waals surface area contributed by atoms with E-state index in [9.17, 15) is 9.59 Å². The van der Waals surface area contributed by atoms with E-state index in [1.807, 2.05) is 12.1 Å². The van der Waals surface area contributed by atoms with E-state index in [4.69, 9.17) is 24.1 Å². The van der Waals surface area contributed by atoms with Gasteiger partial charge in [-0.15, -0.1) is 0 Å². The summed E-state index contributed by atoms with van der Waals surface area (Å²) in [5.74, 6) is 4.59. The average molecular weight is 715 g/mol. The molecule has 0 aromatic heterocycles. The molecule has 0 saturated heterocycles. The Morgan fingerprint density at radius 1 is 0.698 bits per heavy atom. The number of hydrogen-bond donors (Lipinski definition) is 1. The summed E-state index contributed by atoms with van der Waals surface area (Å²) in [6.07, 6.45) is 11.2. The number of phenols is 1. The number of benzene rings is 4. The van der Waals surface area contributed by atoms with Crippen molar-refractivity contribution in [3.05, 3.63) is 120 Å². The van der Waals surface area contributed by atoms with E-state index in [1.54, 1.807) is 26.0 Å². The van der Waals surface area contributed by atoms with Gasteiger partial charge in [0.15, 0.2) is 0 Å². The lowest BCUT2D eigenvalue weighted by Crippen LogP contribution is -2.37. The number of carbonyl (C=O) groups excluding carboxylic acids is 2. The van der Waals surface area contributed by atoms with Crippen LogP contribution in [0.25, 0.3) is 22.9 Å². The summed E-state index contributed by atoms with van der Waals surface area (Å²) in [6.45, 7) is 14.5. The maximum Gasteiger partial charge on any atom is 0.338 e. The fraction of sp³-hybridized carbons (Fsp3) is 0.348. The molecule has 6 atom stereocenters. The third-order valence-corrected chi connectivity index (χ3v) is 10.7. The van der Waals surface area contributed by atoms with Gasteiger partial charge in [0.1, 0.15) is 23.0 Å². The highest BCUT2D eigenvalue weighted by Gasteiger charge is 2.54. The zero-order chi connectivity index (χ0) is 37.6. The molecular weight excluding hydrogens is 664 g/mol. The van der Waals surface area contributed by atoms with E-state index >= 15 is 0 Å². The zero-order valence-electron chi connectivity index (χ0n) is 31.1. The van der Waals surface area contributed by atoms with Crippen molar-refractivity contribution in [1.82, 2.24) is 0 Å². The number of aromatic hydroxyl groups is 1. The number of hydrogen-bond acceptors (Lipinski definition) is 7. The molecular formula is C46H50O7. The van der Waals surface area contributed by atoms with Crippen LogP contribution in [0.4, 0.5) is 0 Å². The van der Waals surface area contributed by atoms with Crippen LogP contribution >= 0.6 is 0 Å². The lowest BCUT2D eigenvalue weighted by molar-refractivity contribution is -0.162. The molecule has 4 aliphatic carbocycles. The van der Waals surface area contributed by atoms with Crippen LogP contribution in [0.5, 0.6) is 23.0 Å². The highest BCUT2D eigenvalue weighted by atomic mass is 16.7. The van der Waals surface area contributed by atoms with Gasteiger partial charge < -0.3 is 24.1 Å². The predicted octanol–water partition coefficient (Wildman–Crippen LogP) is 10.6. The second kappa shape index (κ2) is 16.7. The molecule has 53 heavy (non-hydrogen) atoms. The van der Waals surface area contributed by atoms with E-state index in [0.717, 1.165) is 29.4 Å². The number of carbonyl (C=O) groups is 2. The third-order valence-electron chi connectivity index (χ3n) is 10.7. The summed E-state index contributed by atoms with van der Waals surface area (Å²) in [5.41, 5.74) is 3.42. The number of rotatable bonds is 9. The maximum absolute atomic E-state index is 11.6. The second-order valence-electron chi connectivity index (χ2n) is 15.0. The standard InChI is InChI=1S/C24H32O4.C12H8.C10H10O3/c1-14(2)23(25)26-17-8-10-18(11-9-17)27-24(15(3)4)28-22-13-16-12-21(22)20-7-5-6-19(16)20;1-3-9-4-2-6-11-8-7-10(5-1)12(9)11;1-7(2)10(12)13-9-5-3-8(11)4-6-9/h8-11,15-16,19-22,24H,1,5-7,12-13H2,2-4H3;1-8H;3-6,11H,1H2,2H3. The fourth-order valence-corrected chi connectivity index (χ4v) is 8.13. The van der Waals surface area contributed by atoms with Crippen LogP contribution in [0.1, 0.15) is 70.9 Å². The van der Waals surface area contributed by atoms with E-state index in [2.05, 4.69) is 75.6 Å². The minimum atomic E-state index is -0.467. The van der Waals surface area contributed by atoms with Gasteiger partial charge in [0, 0.05) is 17.1 Å². The molecule has 276 valence electrons. The third kappa shape index (κ3) is 9.09. The van der Waals surface area contributed by atoms with Gasteiger partial charge >= 0.3 is 11.9 Å². The monoisotopic (exact) mass is 714 g/mol. The normalized spacial score (nSPS) is 21.9. The van der Waals surface area contributed by atoms with Crippen LogP contribution in [0, 0.1) is 29.6 Å². The Bertz CT molecular complexity index is 1930. The first-order chi connectivity index (χ1) is 25.5. The molecule has 4 aromatic carbocycles. The van der Waals surface area contributed by atoms with Crippen molar-refractivity contribution in [2.45, 2.75) is 72.2 Å². The van der Waals surface area contributed by atoms with Crippen molar-refractivity contribution in [1.29, 1.82) is 0 Å². The number of phenolic OH excluding ortho intramolecular Hbond substituents is 1. The van der Waals surface area contributed by atoms with Crippen molar-refractivity contribution in [3.63, 3.8) is 0 Å². The summed E-state index contributed by atoms with van der Waals surface area (Å²) < 4.78 is 22.8. The van der Waals surface area contributed by atoms with Crippen LogP contribution in [-0.4, -0.2) is 29.4 Å². The largest absolute Gasteiger partial charge is 0.508 e. The van der Waals surface area contributed by atoms with Crippen LogP contribution in [0.3, 0.4) is 0 Å². The van der Waals surface area contributed by atoms with Crippen molar-refractivity contribution in [2.24, 2.45) is 29.6 Å². The van der Waals surface area contributed by atoms with Gasteiger partial charge in [-0.1, -0.05) is 82.0 Å². The van der Waals surface area contributed by atoms with Gasteiger partial charge in [-0.05, 0) is 134 Å². The molecule has 0 aliphatic heterocycles. The molecule has 2 bridgehead atoms. The summed E-state index contributed by atoms with van der Waals surface area (Å²) in [6, 6.07) is 25.9. The Kier molecular flexibility index (Phi) is 11.8. The van der Waals surface area contributed by atoms with E-state index in [0.29, 0.717) is 28.7 Å². The Labute approximate surface area is 312 Å². The molecule has 7 heteroatoms. The predicted molar refractivity (Wildman–Crippen MR) is 209 cm³/mol. The highest BCUT2D eigenvalue weighted by molar-refractivity contribution is 6.04. The Balaban J connectivity index is 0.000000158. The highest BCUT2D eigenvalue weighted by Crippen LogP contribution is 2.59. The SMILES string of the molecule is C1=Cc2cccc3cccc1c23.C=C(C)C(=O)Oc1ccc(O)cc1.C=C(C)C(=O)Oc1ccc(OC(OC2CC3CC2C2CCCC32)C(C)C)cc1. The van der Waals surface area contributed by atoms with E-state index in [1.165, 1.54) is 78.3 Å². The first-order valence-corrected chi connectivity index (χ1v) is 18.6. The molecule has 0 spiro atoms. The summed E-state index contributed by atoms with van der Waals surface area (Å²) in [7, 11) is 0. The molecule has 6 unspecified atom stereocenters. The minimum absolute atomic E-state index is 0.134. The van der Waals surface area contributed by atoms with Gasteiger partial charge in [0.05, 0.1) is 6.10 Å². The lowest BCUT2D eigenvalue weighted by atomic mass is 9.80. The molecule has 8 rings (SSSR count). The van der Waals surface area contributed by atoms with Gasteiger partial charge in [-0.25, -0.2) is 9.59 Å². The van der Waals surface area contributed by atoms with Crippen molar-refractivity contribution in [3.8, 4) is 23.0 Å². The molecule has 1 N–H and O–H groups in total. The minimum Gasteiger partial charge on any atom is -0.508 e. The first kappa shape index (κ1) is 37.6. The Hall–Kier alpha value is -5.14. The van der Waals surface area contributed by atoms with Gasteiger partial charge in [-0.3, -0.25) is 0 Å². The summed E-state index contributed by atoms with van der Waals surface area (Å²) >= 11 is 0. The van der Waals surface area contributed by atoms with Crippen LogP contribution in [0.15, 0.2) is 109 Å². The Morgan fingerprint density at radius 3 is 1.77 bits per heavy atom. The molecule has 3 fully saturated rings. The van der Waals surface area contributed by atoms with Crippen molar-refractivity contribution in [2.75, 3.05) is 0 Å². The van der Waals surface area contributed by atoms with Gasteiger partial charge in [0.25, 0.3) is 0 Å². The summed E-state index contributed by atoms with van der Waals surface area (Å²) in [4.78, 5) is 22.6. The Morgan fingerprint density at radius 2 is 1.23 bits per heavy atom. The quantitative estimate of drug-likeness (QED) is 0.0703. The number of esters is 2. The molecule has 0 amide bonds. The van der Waals surface area contributed by atoms with E-state index < -0.39 is 11.9 Å². The molecule has 0 heterocycles. The van der Waals surface area contributed by atoms with Crippen LogP contribution < -0.4 is 14.2 Å². The van der Waals surface area contributed by atoms with Crippen molar-refractivity contribution < 1.29 is 33.6 Å². The molecule has 0 radical (unpaired) electrons. The smallest absolute Gasteiger partial charge is 0.338 e. The summed E-state index contributed by atoms with van der Waals surface area (Å²) in [5, 5.41) is 11.7. The van der Waals surface area contributed by atoms with E-state index in [-0.39, 0.29) is 18.0 Å². The van der Waals surface area contributed by atoms with Crippen molar-refractivity contribution >= 4 is 34.9 Å². The number of fused-ring (bicyclic) bond motifs is 5. The topological polar surface area (TPSA) is 91.3 Å². The average Bonchev–Trinajstić information content (AvgIpc) is 3.95. The zero-order valence-corrected chi connectivity index (χ0v) is 31.1. The molecule has 4 aliphatic rings. The molecule has 3 saturated carbocycles. The van der Waals surface area contributed by atoms with Gasteiger partial charge in [-0.2, -0.15) is 0 Å². The van der Waals surface area contributed by atoms with Gasteiger partial charge in [0.2, 0.25) is 6.29 Å². The number of ether oxygens (including phenoxy) is 4. The lowest BCUT2D eigenvalue weighted by Gasteiger charge is -2.35. The second-order valence-corrected chi connectivity index (χ2v) is 15.0. The molecule has 4 aromatic rings. The van der Waals surface area contributed by atoms with Crippen LogP contribution in [0.2, 0.25) is 0 Å².